The molecular weight excluding hydrogens is 479 g/mol. The van der Waals surface area contributed by atoms with Gasteiger partial charge in [0.15, 0.2) is 0 Å². The second-order valence-corrected chi connectivity index (χ2v) is 4.15. The van der Waals surface area contributed by atoms with Crippen LogP contribution >= 0.6 is 0 Å². The molecular formula is C17H9F2N3Pt. The minimum atomic E-state index is -0.694. The zero-order valence-electron chi connectivity index (χ0n) is 11.6. The first-order valence-electron chi connectivity index (χ1n) is 6.22. The van der Waals surface area contributed by atoms with E-state index in [4.69, 9.17) is 11.8 Å². The Morgan fingerprint density at radius 1 is 0.826 bits per heavy atom. The van der Waals surface area contributed by atoms with Crippen LogP contribution in [-0.4, -0.2) is 9.97 Å². The van der Waals surface area contributed by atoms with Gasteiger partial charge >= 0.3 is 21.1 Å². The molecule has 0 radical (unpaired) electrons. The molecule has 116 valence electrons. The van der Waals surface area contributed by atoms with Crippen LogP contribution in [0.15, 0.2) is 54.9 Å². The molecule has 0 fully saturated rings. The number of hydrogen-bond acceptors (Lipinski definition) is 3. The zero-order valence-corrected chi connectivity index (χ0v) is 13.9. The van der Waals surface area contributed by atoms with Gasteiger partial charge in [-0.1, -0.05) is 41.5 Å². The first-order chi connectivity index (χ1) is 10.8. The third-order valence-corrected chi connectivity index (χ3v) is 2.82. The van der Waals surface area contributed by atoms with Crippen molar-refractivity contribution in [3.63, 3.8) is 0 Å². The fourth-order valence-corrected chi connectivity index (χ4v) is 1.89. The van der Waals surface area contributed by atoms with Crippen molar-refractivity contribution in [1.29, 1.82) is 5.26 Å². The van der Waals surface area contributed by atoms with Crippen LogP contribution in [0.25, 0.3) is 22.5 Å². The molecule has 3 nitrogen and oxygen atoms in total. The number of rotatable bonds is 2. The normalized spacial score (nSPS) is 9.22. The summed E-state index contributed by atoms with van der Waals surface area (Å²) >= 11 is 0. The average Bonchev–Trinajstić information content (AvgIpc) is 2.58. The first-order valence-corrected chi connectivity index (χ1v) is 6.22. The van der Waals surface area contributed by atoms with E-state index in [2.05, 4.69) is 16.0 Å². The predicted molar refractivity (Wildman–Crippen MR) is 76.6 cm³/mol. The molecule has 0 saturated heterocycles. The Hall–Kier alpha value is -2.44. The molecule has 1 aromatic carbocycles. The Labute approximate surface area is 146 Å². The van der Waals surface area contributed by atoms with Gasteiger partial charge in [0.25, 0.3) is 0 Å². The molecule has 3 aromatic rings. The van der Waals surface area contributed by atoms with E-state index in [1.807, 2.05) is 0 Å². The molecule has 0 bridgehead atoms. The summed E-state index contributed by atoms with van der Waals surface area (Å²) in [6, 6.07) is 13.8. The van der Waals surface area contributed by atoms with Gasteiger partial charge in [0.1, 0.15) is 0 Å². The van der Waals surface area contributed by atoms with E-state index in [0.717, 1.165) is 6.07 Å². The van der Waals surface area contributed by atoms with E-state index in [1.165, 1.54) is 0 Å². The summed E-state index contributed by atoms with van der Waals surface area (Å²) < 4.78 is 27.8. The molecule has 0 spiro atoms. The Bertz CT molecular complexity index is 717. The standard InChI is InChI=1S/C16H9F2N2.CN.Pt/c17-13-10-14(18)12(16-6-2-4-8-20-16)9-11(13)15-5-1-3-7-19-15;1-2;/h1-8,10H;;/q2*-1;+2. The first kappa shape index (κ1) is 18.6. The number of hydrogen-bond donors (Lipinski definition) is 0. The smallest absolute Gasteiger partial charge is 0.512 e. The van der Waals surface area contributed by atoms with E-state index < -0.39 is 11.6 Å². The summed E-state index contributed by atoms with van der Waals surface area (Å²) in [5, 5.41) is 6.25. The maximum atomic E-state index is 13.9. The fourth-order valence-electron chi connectivity index (χ4n) is 1.89. The van der Waals surface area contributed by atoms with Gasteiger partial charge in [0.2, 0.25) is 0 Å². The molecule has 23 heavy (non-hydrogen) atoms. The van der Waals surface area contributed by atoms with Crippen molar-refractivity contribution in [2.24, 2.45) is 0 Å². The van der Waals surface area contributed by atoms with Crippen LogP contribution in [0.5, 0.6) is 0 Å². The molecule has 2 aromatic heterocycles. The Balaban J connectivity index is 0.000000849. The third kappa shape index (κ3) is 4.27. The molecule has 0 saturated carbocycles. The molecule has 0 unspecified atom stereocenters. The van der Waals surface area contributed by atoms with E-state index >= 15 is 0 Å². The van der Waals surface area contributed by atoms with E-state index in [0.29, 0.717) is 11.4 Å². The quantitative estimate of drug-likeness (QED) is 0.513. The molecule has 3 rings (SSSR count). The molecule has 6 heteroatoms. The van der Waals surface area contributed by atoms with Gasteiger partial charge in [-0.15, -0.1) is 6.07 Å². The van der Waals surface area contributed by atoms with Gasteiger partial charge in [-0.25, -0.2) is 0 Å². The molecule has 0 atom stereocenters. The van der Waals surface area contributed by atoms with Crippen molar-refractivity contribution in [3.8, 4) is 22.5 Å². The zero-order chi connectivity index (χ0) is 15.9. The summed E-state index contributed by atoms with van der Waals surface area (Å²) in [6.45, 7) is 4.75. The molecule has 0 N–H and O–H groups in total. The summed E-state index contributed by atoms with van der Waals surface area (Å²) in [5.74, 6) is -1.39. The molecule has 0 aliphatic rings. The minimum absolute atomic E-state index is 0. The summed E-state index contributed by atoms with van der Waals surface area (Å²) in [4.78, 5) is 8.12. The molecule has 0 aliphatic carbocycles. The SMILES string of the molecule is Fc1cc(F)c(-c2ccccn2)[c-]c1-c1ccccn1.[C-]#N.[Pt+2]. The number of aromatic nitrogens is 2. The molecule has 0 aliphatic heterocycles. The van der Waals surface area contributed by atoms with Crippen LogP contribution in [-0.2, 0) is 21.1 Å². The summed E-state index contributed by atoms with van der Waals surface area (Å²) in [5.41, 5.74) is 1.07. The van der Waals surface area contributed by atoms with Crippen molar-refractivity contribution >= 4 is 0 Å². The van der Waals surface area contributed by atoms with Gasteiger partial charge in [0.05, 0.1) is 11.6 Å². The summed E-state index contributed by atoms with van der Waals surface area (Å²) in [7, 11) is 0. The van der Waals surface area contributed by atoms with Crippen molar-refractivity contribution in [2.75, 3.05) is 0 Å². The van der Waals surface area contributed by atoms with E-state index in [1.54, 1.807) is 48.8 Å². The third-order valence-electron chi connectivity index (χ3n) is 2.82. The second kappa shape index (κ2) is 8.87. The maximum absolute atomic E-state index is 13.9. The number of benzene rings is 1. The number of pyridine rings is 2. The van der Waals surface area contributed by atoms with Crippen molar-refractivity contribution in [2.45, 2.75) is 0 Å². The van der Waals surface area contributed by atoms with Crippen LogP contribution in [0.1, 0.15) is 0 Å². The maximum Gasteiger partial charge on any atom is 2.00 e. The van der Waals surface area contributed by atoms with Crippen molar-refractivity contribution < 1.29 is 29.8 Å². The topological polar surface area (TPSA) is 49.6 Å². The summed E-state index contributed by atoms with van der Waals surface area (Å²) in [6.07, 6.45) is 3.10. The Morgan fingerprint density at radius 3 is 1.61 bits per heavy atom. The predicted octanol–water partition coefficient (Wildman–Crippen LogP) is 3.98. The van der Waals surface area contributed by atoms with Crippen LogP contribution in [0.2, 0.25) is 0 Å². The molecule has 0 amide bonds. The fraction of sp³-hybridized carbons (Fsp3) is 0. The Morgan fingerprint density at radius 2 is 1.26 bits per heavy atom. The monoisotopic (exact) mass is 488 g/mol. The van der Waals surface area contributed by atoms with E-state index in [-0.39, 0.29) is 32.2 Å². The Kier molecular flexibility index (Phi) is 7.18. The van der Waals surface area contributed by atoms with Gasteiger partial charge in [0, 0.05) is 23.8 Å². The molecule has 2 heterocycles. The van der Waals surface area contributed by atoms with Crippen LogP contribution < -0.4 is 0 Å². The van der Waals surface area contributed by atoms with E-state index in [9.17, 15) is 8.78 Å². The van der Waals surface area contributed by atoms with Crippen molar-refractivity contribution in [3.05, 3.63) is 79.1 Å². The second-order valence-electron chi connectivity index (χ2n) is 4.15. The van der Waals surface area contributed by atoms with Gasteiger partial charge in [-0.2, -0.15) is 0 Å². The average molecular weight is 488 g/mol. The number of nitrogens with zero attached hydrogens (tertiary/aromatic N) is 3. The van der Waals surface area contributed by atoms with Crippen molar-refractivity contribution in [1.82, 2.24) is 9.97 Å². The van der Waals surface area contributed by atoms with Crippen LogP contribution in [0.4, 0.5) is 8.78 Å². The van der Waals surface area contributed by atoms with Gasteiger partial charge in [-0.3, -0.25) is 18.7 Å². The largest absolute Gasteiger partial charge is 2.00 e. The van der Waals surface area contributed by atoms with Crippen LogP contribution in [0, 0.1) is 29.5 Å². The van der Waals surface area contributed by atoms with Gasteiger partial charge < -0.3 is 11.8 Å². The minimum Gasteiger partial charge on any atom is -0.512 e. The van der Waals surface area contributed by atoms with Gasteiger partial charge in [-0.05, 0) is 12.1 Å². The number of halogens is 2. The van der Waals surface area contributed by atoms with Crippen LogP contribution in [0.3, 0.4) is 0 Å².